The Labute approximate surface area is 164 Å². The molecule has 0 bridgehead atoms. The molecule has 0 aliphatic rings. The molecule has 2 heterocycles. The molecule has 0 aliphatic carbocycles. The average Bonchev–Trinajstić information content (AvgIpc) is 3.00. The van der Waals surface area contributed by atoms with Crippen molar-refractivity contribution in [3.8, 4) is 11.6 Å². The number of rotatable bonds is 6. The minimum absolute atomic E-state index is 0.0869. The van der Waals surface area contributed by atoms with Crippen molar-refractivity contribution in [2.75, 3.05) is 20.8 Å². The summed E-state index contributed by atoms with van der Waals surface area (Å²) in [5.41, 5.74) is 3.72. The lowest BCUT2D eigenvalue weighted by Crippen LogP contribution is -2.33. The molecule has 3 aromatic rings. The highest BCUT2D eigenvalue weighted by molar-refractivity contribution is 5.85. The maximum absolute atomic E-state index is 12.7. The molecule has 0 spiro atoms. The monoisotopic (exact) mass is 382 g/mol. The summed E-state index contributed by atoms with van der Waals surface area (Å²) in [6, 6.07) is 9.58. The van der Waals surface area contributed by atoms with E-state index in [-0.39, 0.29) is 18.6 Å². The lowest BCUT2D eigenvalue weighted by Gasteiger charge is -2.25. The van der Waals surface area contributed by atoms with Gasteiger partial charge in [-0.25, -0.2) is 9.67 Å². The number of ether oxygens (including phenoxy) is 2. The number of hydrogen-bond donors (Lipinski definition) is 0. The summed E-state index contributed by atoms with van der Waals surface area (Å²) in [5, 5.41) is 5.23. The number of benzene rings is 1. The number of pyridine rings is 1. The van der Waals surface area contributed by atoms with Gasteiger partial charge in [0.25, 0.3) is 5.91 Å². The second-order valence-corrected chi connectivity index (χ2v) is 6.95. The SMILES string of the molecule is COc1ccc(C(C)N(C)C(=O)COc2nn(C)c3nc(C)cc(C)c23)cc1. The van der Waals surface area contributed by atoms with E-state index in [1.54, 1.807) is 23.7 Å². The van der Waals surface area contributed by atoms with Crippen LogP contribution >= 0.6 is 0 Å². The quantitative estimate of drug-likeness (QED) is 0.655. The first-order valence-corrected chi connectivity index (χ1v) is 9.15. The topological polar surface area (TPSA) is 69.5 Å². The summed E-state index contributed by atoms with van der Waals surface area (Å²) < 4.78 is 12.6. The van der Waals surface area contributed by atoms with Gasteiger partial charge in [0.05, 0.1) is 18.5 Å². The lowest BCUT2D eigenvalue weighted by atomic mass is 10.1. The van der Waals surface area contributed by atoms with Gasteiger partial charge < -0.3 is 14.4 Å². The molecule has 1 unspecified atom stereocenters. The van der Waals surface area contributed by atoms with E-state index in [2.05, 4.69) is 10.1 Å². The van der Waals surface area contributed by atoms with E-state index in [0.29, 0.717) is 5.88 Å². The molecule has 0 saturated carbocycles. The summed E-state index contributed by atoms with van der Waals surface area (Å²) >= 11 is 0. The van der Waals surface area contributed by atoms with Crippen LogP contribution in [0.4, 0.5) is 0 Å². The highest BCUT2D eigenvalue weighted by Gasteiger charge is 2.20. The number of carbonyl (C=O) groups excluding carboxylic acids is 1. The zero-order valence-electron chi connectivity index (χ0n) is 17.2. The predicted molar refractivity (Wildman–Crippen MR) is 108 cm³/mol. The highest BCUT2D eigenvalue weighted by atomic mass is 16.5. The van der Waals surface area contributed by atoms with E-state index in [0.717, 1.165) is 33.6 Å². The van der Waals surface area contributed by atoms with Crippen molar-refractivity contribution in [3.05, 3.63) is 47.2 Å². The van der Waals surface area contributed by atoms with Crippen molar-refractivity contribution in [2.45, 2.75) is 26.8 Å². The molecule has 0 fully saturated rings. The van der Waals surface area contributed by atoms with Crippen molar-refractivity contribution in [1.82, 2.24) is 19.7 Å². The Morgan fingerprint density at radius 2 is 1.93 bits per heavy atom. The minimum atomic E-state index is -0.125. The van der Waals surface area contributed by atoms with Gasteiger partial charge in [-0.05, 0) is 50.1 Å². The molecule has 1 atom stereocenters. The zero-order chi connectivity index (χ0) is 20.4. The third-order valence-corrected chi connectivity index (χ3v) is 4.99. The van der Waals surface area contributed by atoms with Crippen molar-refractivity contribution in [3.63, 3.8) is 0 Å². The van der Waals surface area contributed by atoms with Gasteiger partial charge in [-0.1, -0.05) is 12.1 Å². The number of hydrogen-bond acceptors (Lipinski definition) is 5. The van der Waals surface area contributed by atoms with Gasteiger partial charge in [0, 0.05) is 19.8 Å². The van der Waals surface area contributed by atoms with Crippen LogP contribution in [0.2, 0.25) is 0 Å². The van der Waals surface area contributed by atoms with Crippen LogP contribution in [-0.2, 0) is 11.8 Å². The molecule has 0 N–H and O–H groups in total. The van der Waals surface area contributed by atoms with E-state index in [4.69, 9.17) is 9.47 Å². The fraction of sp³-hybridized carbons (Fsp3) is 0.381. The first-order valence-electron chi connectivity index (χ1n) is 9.15. The molecule has 0 saturated heterocycles. The van der Waals surface area contributed by atoms with Crippen LogP contribution in [0.25, 0.3) is 11.0 Å². The van der Waals surface area contributed by atoms with Gasteiger partial charge in [-0.2, -0.15) is 0 Å². The molecule has 1 amide bonds. The summed E-state index contributed by atoms with van der Waals surface area (Å²) in [5.74, 6) is 1.09. The Bertz CT molecular complexity index is 995. The third kappa shape index (κ3) is 3.78. The zero-order valence-corrected chi connectivity index (χ0v) is 17.2. The molecule has 7 nitrogen and oxygen atoms in total. The number of likely N-dealkylation sites (N-methyl/N-ethyl adjacent to an activating group) is 1. The number of carbonyl (C=O) groups is 1. The fourth-order valence-corrected chi connectivity index (χ4v) is 3.20. The maximum atomic E-state index is 12.7. The summed E-state index contributed by atoms with van der Waals surface area (Å²) in [7, 11) is 5.22. The third-order valence-electron chi connectivity index (χ3n) is 4.99. The van der Waals surface area contributed by atoms with Crippen LogP contribution in [0.15, 0.2) is 30.3 Å². The number of amides is 1. The largest absolute Gasteiger partial charge is 0.497 e. The average molecular weight is 382 g/mol. The molecule has 0 aliphatic heterocycles. The molecule has 0 radical (unpaired) electrons. The fourth-order valence-electron chi connectivity index (χ4n) is 3.20. The van der Waals surface area contributed by atoms with E-state index in [9.17, 15) is 4.79 Å². The maximum Gasteiger partial charge on any atom is 0.260 e. The first kappa shape index (κ1) is 19.7. The second-order valence-electron chi connectivity index (χ2n) is 6.95. The number of aryl methyl sites for hydroxylation is 3. The first-order chi connectivity index (χ1) is 13.3. The van der Waals surface area contributed by atoms with Crippen LogP contribution in [0.1, 0.15) is 29.8 Å². The van der Waals surface area contributed by atoms with Gasteiger partial charge in [0.2, 0.25) is 5.88 Å². The Balaban J connectivity index is 1.72. The van der Waals surface area contributed by atoms with Crippen molar-refractivity contribution in [1.29, 1.82) is 0 Å². The molecule has 2 aromatic heterocycles. The predicted octanol–water partition coefficient (Wildman–Crippen LogP) is 3.19. The molecular weight excluding hydrogens is 356 g/mol. The molecule has 7 heteroatoms. The Morgan fingerprint density at radius 3 is 2.57 bits per heavy atom. The minimum Gasteiger partial charge on any atom is -0.497 e. The Morgan fingerprint density at radius 1 is 1.25 bits per heavy atom. The summed E-state index contributed by atoms with van der Waals surface area (Å²) in [6.45, 7) is 5.83. The smallest absolute Gasteiger partial charge is 0.260 e. The van der Waals surface area contributed by atoms with E-state index in [1.165, 1.54) is 0 Å². The van der Waals surface area contributed by atoms with Gasteiger partial charge in [0.1, 0.15) is 5.75 Å². The number of aromatic nitrogens is 3. The van der Waals surface area contributed by atoms with E-state index >= 15 is 0 Å². The Kier molecular flexibility index (Phi) is 5.53. The molecule has 148 valence electrons. The van der Waals surface area contributed by atoms with Gasteiger partial charge >= 0.3 is 0 Å². The normalized spacial score (nSPS) is 12.1. The number of methoxy groups -OCH3 is 1. The molecular formula is C21H26N4O3. The second kappa shape index (κ2) is 7.88. The standard InChI is InChI=1S/C21H26N4O3/c1-13-11-14(2)22-20-19(13)21(23-25(20)5)28-12-18(26)24(4)15(3)16-7-9-17(27-6)10-8-16/h7-11,15H,12H2,1-6H3. The Hall–Kier alpha value is -3.09. The number of fused-ring (bicyclic) bond motifs is 1. The summed E-state index contributed by atoms with van der Waals surface area (Å²) in [6.07, 6.45) is 0. The van der Waals surface area contributed by atoms with E-state index < -0.39 is 0 Å². The van der Waals surface area contributed by atoms with Crippen molar-refractivity contribution >= 4 is 16.9 Å². The van der Waals surface area contributed by atoms with Crippen LogP contribution in [0.3, 0.4) is 0 Å². The lowest BCUT2D eigenvalue weighted by molar-refractivity contribution is -0.134. The molecule has 1 aromatic carbocycles. The van der Waals surface area contributed by atoms with Gasteiger partial charge in [-0.3, -0.25) is 4.79 Å². The van der Waals surface area contributed by atoms with Crippen molar-refractivity contribution < 1.29 is 14.3 Å². The van der Waals surface area contributed by atoms with Crippen LogP contribution in [0, 0.1) is 13.8 Å². The van der Waals surface area contributed by atoms with Crippen LogP contribution in [0.5, 0.6) is 11.6 Å². The van der Waals surface area contributed by atoms with Crippen LogP contribution < -0.4 is 9.47 Å². The van der Waals surface area contributed by atoms with E-state index in [1.807, 2.05) is 58.2 Å². The number of nitrogens with zero attached hydrogens (tertiary/aromatic N) is 4. The van der Waals surface area contributed by atoms with Gasteiger partial charge in [-0.15, -0.1) is 5.10 Å². The molecule has 28 heavy (non-hydrogen) atoms. The van der Waals surface area contributed by atoms with Gasteiger partial charge in [0.15, 0.2) is 12.3 Å². The highest BCUT2D eigenvalue weighted by Crippen LogP contribution is 2.27. The van der Waals surface area contributed by atoms with Crippen molar-refractivity contribution in [2.24, 2.45) is 7.05 Å². The summed E-state index contributed by atoms with van der Waals surface area (Å²) in [4.78, 5) is 18.8. The van der Waals surface area contributed by atoms with Crippen LogP contribution in [-0.4, -0.2) is 46.3 Å². The molecule has 3 rings (SSSR count).